The summed E-state index contributed by atoms with van der Waals surface area (Å²) in [7, 11) is 3.89. The molecule has 0 aliphatic carbocycles. The Labute approximate surface area is 204 Å². The Morgan fingerprint density at radius 2 is 1.94 bits per heavy atom. The van der Waals surface area contributed by atoms with Gasteiger partial charge in [-0.25, -0.2) is 0 Å². The average molecular weight is 482 g/mol. The number of carbonyl (C=O) groups excluding carboxylic acids is 2. The SMILES string of the molecule is CN(C)c1ccc(NC(=O)c2ccccc2Cl)cc1CN(C[C@H]1CCCO1)C(=O)c1ccco1. The van der Waals surface area contributed by atoms with Gasteiger partial charge in [0.25, 0.3) is 11.8 Å². The lowest BCUT2D eigenvalue weighted by atomic mass is 10.1. The molecular weight excluding hydrogens is 454 g/mol. The lowest BCUT2D eigenvalue weighted by Crippen LogP contribution is -2.37. The smallest absolute Gasteiger partial charge is 0.289 e. The van der Waals surface area contributed by atoms with Gasteiger partial charge in [-0.15, -0.1) is 0 Å². The molecule has 0 saturated carbocycles. The number of halogens is 1. The van der Waals surface area contributed by atoms with E-state index in [0.29, 0.717) is 36.0 Å². The Morgan fingerprint density at radius 1 is 1.12 bits per heavy atom. The zero-order chi connectivity index (χ0) is 24.1. The molecule has 1 fully saturated rings. The summed E-state index contributed by atoms with van der Waals surface area (Å²) < 4.78 is 11.2. The van der Waals surface area contributed by atoms with Crippen LogP contribution in [0.3, 0.4) is 0 Å². The minimum absolute atomic E-state index is 0.00942. The van der Waals surface area contributed by atoms with Gasteiger partial charge in [0.2, 0.25) is 0 Å². The molecule has 0 unspecified atom stereocenters. The van der Waals surface area contributed by atoms with Crippen LogP contribution in [0, 0.1) is 0 Å². The van der Waals surface area contributed by atoms with E-state index in [1.165, 1.54) is 6.26 Å². The number of ether oxygens (including phenoxy) is 1. The zero-order valence-electron chi connectivity index (χ0n) is 19.3. The van der Waals surface area contributed by atoms with E-state index in [9.17, 15) is 9.59 Å². The van der Waals surface area contributed by atoms with Crippen molar-refractivity contribution in [3.8, 4) is 0 Å². The fourth-order valence-electron chi connectivity index (χ4n) is 4.09. The zero-order valence-corrected chi connectivity index (χ0v) is 20.0. The average Bonchev–Trinajstić information content (AvgIpc) is 3.53. The number of nitrogens with zero attached hydrogens (tertiary/aromatic N) is 2. The molecule has 8 heteroatoms. The summed E-state index contributed by atoms with van der Waals surface area (Å²) in [6, 6.07) is 15.9. The molecule has 1 saturated heterocycles. The van der Waals surface area contributed by atoms with Crippen LogP contribution in [0.15, 0.2) is 65.3 Å². The molecule has 0 radical (unpaired) electrons. The largest absolute Gasteiger partial charge is 0.459 e. The molecular formula is C26H28ClN3O4. The number of benzene rings is 2. The predicted octanol–water partition coefficient (Wildman–Crippen LogP) is 5.07. The molecule has 3 aromatic rings. The Morgan fingerprint density at radius 3 is 2.62 bits per heavy atom. The van der Waals surface area contributed by atoms with E-state index in [0.717, 1.165) is 24.1 Å². The highest BCUT2D eigenvalue weighted by atomic mass is 35.5. The molecule has 1 N–H and O–H groups in total. The first kappa shape index (κ1) is 23.9. The van der Waals surface area contributed by atoms with Gasteiger partial charge in [0.1, 0.15) is 0 Å². The first-order valence-electron chi connectivity index (χ1n) is 11.2. The molecule has 1 aromatic heterocycles. The van der Waals surface area contributed by atoms with Gasteiger partial charge in [-0.3, -0.25) is 9.59 Å². The summed E-state index contributed by atoms with van der Waals surface area (Å²) in [4.78, 5) is 29.8. The van der Waals surface area contributed by atoms with Crippen molar-refractivity contribution in [2.24, 2.45) is 0 Å². The van der Waals surface area contributed by atoms with Crippen LogP contribution in [0.25, 0.3) is 0 Å². The summed E-state index contributed by atoms with van der Waals surface area (Å²) in [6.07, 6.45) is 3.38. The van der Waals surface area contributed by atoms with Crippen LogP contribution >= 0.6 is 11.6 Å². The van der Waals surface area contributed by atoms with Crippen LogP contribution < -0.4 is 10.2 Å². The third kappa shape index (κ3) is 5.61. The highest BCUT2D eigenvalue weighted by Gasteiger charge is 2.26. The van der Waals surface area contributed by atoms with Crippen molar-refractivity contribution in [3.05, 3.63) is 82.8 Å². The molecule has 1 aliphatic heterocycles. The van der Waals surface area contributed by atoms with E-state index in [2.05, 4.69) is 5.32 Å². The number of hydrogen-bond acceptors (Lipinski definition) is 5. The molecule has 2 aromatic carbocycles. The van der Waals surface area contributed by atoms with Crippen molar-refractivity contribution in [1.29, 1.82) is 0 Å². The van der Waals surface area contributed by atoms with Crippen molar-refractivity contribution < 1.29 is 18.7 Å². The Bertz CT molecular complexity index is 1140. The van der Waals surface area contributed by atoms with Crippen LogP contribution in [-0.4, -0.2) is 50.1 Å². The lowest BCUT2D eigenvalue weighted by Gasteiger charge is -2.27. The van der Waals surface area contributed by atoms with Crippen molar-refractivity contribution in [1.82, 2.24) is 4.90 Å². The lowest BCUT2D eigenvalue weighted by molar-refractivity contribution is 0.0484. The van der Waals surface area contributed by atoms with E-state index >= 15 is 0 Å². The minimum Gasteiger partial charge on any atom is -0.459 e. The van der Waals surface area contributed by atoms with Gasteiger partial charge >= 0.3 is 0 Å². The second kappa shape index (κ2) is 10.8. The third-order valence-electron chi connectivity index (χ3n) is 5.77. The van der Waals surface area contributed by atoms with Gasteiger partial charge in [-0.1, -0.05) is 23.7 Å². The standard InChI is InChI=1S/C26H28ClN3O4/c1-29(2)23-12-11-19(28-25(31)21-8-3-4-9-22(21)27)15-18(23)16-30(17-20-7-5-13-33-20)26(32)24-10-6-14-34-24/h3-4,6,8-12,14-15,20H,5,7,13,16-17H2,1-2H3,(H,28,31)/t20-/m1/s1. The van der Waals surface area contributed by atoms with Gasteiger partial charge in [0, 0.05) is 45.2 Å². The van der Waals surface area contributed by atoms with E-state index < -0.39 is 0 Å². The molecule has 7 nitrogen and oxygen atoms in total. The molecule has 1 atom stereocenters. The second-order valence-electron chi connectivity index (χ2n) is 8.47. The molecule has 2 heterocycles. The van der Waals surface area contributed by atoms with Gasteiger partial charge in [0.15, 0.2) is 5.76 Å². The third-order valence-corrected chi connectivity index (χ3v) is 6.10. The number of carbonyl (C=O) groups is 2. The predicted molar refractivity (Wildman–Crippen MR) is 133 cm³/mol. The molecule has 2 amide bonds. The van der Waals surface area contributed by atoms with Crippen molar-refractivity contribution in [2.45, 2.75) is 25.5 Å². The fourth-order valence-corrected chi connectivity index (χ4v) is 4.31. The van der Waals surface area contributed by atoms with E-state index in [4.69, 9.17) is 20.8 Å². The number of amides is 2. The highest BCUT2D eigenvalue weighted by molar-refractivity contribution is 6.34. The minimum atomic E-state index is -0.294. The Balaban J connectivity index is 1.61. The van der Waals surface area contributed by atoms with Gasteiger partial charge in [-0.2, -0.15) is 0 Å². The first-order chi connectivity index (χ1) is 16.4. The Hall–Kier alpha value is -3.29. The van der Waals surface area contributed by atoms with Gasteiger partial charge < -0.3 is 24.3 Å². The molecule has 1 aliphatic rings. The second-order valence-corrected chi connectivity index (χ2v) is 8.88. The Kier molecular flexibility index (Phi) is 7.55. The van der Waals surface area contributed by atoms with Gasteiger partial charge in [-0.05, 0) is 60.9 Å². The summed E-state index contributed by atoms with van der Waals surface area (Å²) in [5, 5.41) is 3.31. The van der Waals surface area contributed by atoms with E-state index in [1.54, 1.807) is 41.3 Å². The number of rotatable bonds is 8. The topological polar surface area (TPSA) is 75.0 Å². The summed E-state index contributed by atoms with van der Waals surface area (Å²) in [6.45, 7) is 1.51. The van der Waals surface area contributed by atoms with Crippen LogP contribution in [0.5, 0.6) is 0 Å². The molecule has 0 spiro atoms. The maximum atomic E-state index is 13.2. The molecule has 0 bridgehead atoms. The van der Waals surface area contributed by atoms with Crippen LogP contribution in [0.4, 0.5) is 11.4 Å². The quantitative estimate of drug-likeness (QED) is 0.486. The van der Waals surface area contributed by atoms with Crippen LogP contribution in [0.2, 0.25) is 5.02 Å². The molecule has 178 valence electrons. The van der Waals surface area contributed by atoms with Crippen molar-refractivity contribution in [2.75, 3.05) is 37.5 Å². The van der Waals surface area contributed by atoms with E-state index in [1.807, 2.05) is 37.2 Å². The normalized spacial score (nSPS) is 15.2. The number of anilines is 2. The monoisotopic (exact) mass is 481 g/mol. The summed E-state index contributed by atoms with van der Waals surface area (Å²) in [5.74, 6) is -0.208. The summed E-state index contributed by atoms with van der Waals surface area (Å²) >= 11 is 6.18. The number of furan rings is 1. The van der Waals surface area contributed by atoms with Crippen molar-refractivity contribution in [3.63, 3.8) is 0 Å². The summed E-state index contributed by atoms with van der Waals surface area (Å²) in [5.41, 5.74) is 2.85. The van der Waals surface area contributed by atoms with Crippen LogP contribution in [0.1, 0.15) is 39.3 Å². The fraction of sp³-hybridized carbons (Fsp3) is 0.308. The maximum absolute atomic E-state index is 13.2. The number of hydrogen-bond donors (Lipinski definition) is 1. The van der Waals surface area contributed by atoms with Gasteiger partial charge in [0.05, 0.1) is 23.0 Å². The first-order valence-corrected chi connectivity index (χ1v) is 11.6. The highest BCUT2D eigenvalue weighted by Crippen LogP contribution is 2.27. The maximum Gasteiger partial charge on any atom is 0.289 e. The van der Waals surface area contributed by atoms with E-state index in [-0.39, 0.29) is 23.7 Å². The number of nitrogens with one attached hydrogen (secondary N) is 1. The van der Waals surface area contributed by atoms with Crippen molar-refractivity contribution >= 4 is 34.8 Å². The molecule has 34 heavy (non-hydrogen) atoms. The molecule has 4 rings (SSSR count). The van der Waals surface area contributed by atoms with Crippen LogP contribution in [-0.2, 0) is 11.3 Å².